The lowest BCUT2D eigenvalue weighted by atomic mass is 10.0. The second-order valence-electron chi connectivity index (χ2n) is 9.04. The number of nitrogens with zero attached hydrogens (tertiary/aromatic N) is 3. The van der Waals surface area contributed by atoms with Crippen LogP contribution in [-0.2, 0) is 19.6 Å². The Morgan fingerprint density at radius 2 is 1.72 bits per heavy atom. The molecule has 1 saturated carbocycles. The van der Waals surface area contributed by atoms with E-state index in [-0.39, 0.29) is 5.91 Å². The van der Waals surface area contributed by atoms with Crippen LogP contribution in [0.25, 0.3) is 11.0 Å². The predicted molar refractivity (Wildman–Crippen MR) is 128 cm³/mol. The van der Waals surface area contributed by atoms with Crippen molar-refractivity contribution in [3.05, 3.63) is 101 Å². The lowest BCUT2D eigenvalue weighted by Gasteiger charge is -2.24. The summed E-state index contributed by atoms with van der Waals surface area (Å²) in [6.07, 6.45) is 2.56. The van der Waals surface area contributed by atoms with Crippen LogP contribution in [0.4, 0.5) is 0 Å². The molecule has 32 heavy (non-hydrogen) atoms. The van der Waals surface area contributed by atoms with Crippen molar-refractivity contribution >= 4 is 16.9 Å². The minimum absolute atomic E-state index is 0.0556. The van der Waals surface area contributed by atoms with E-state index in [9.17, 15) is 4.79 Å². The molecule has 1 aliphatic rings. The topological polar surface area (TPSA) is 38.1 Å². The molecule has 1 aromatic heterocycles. The van der Waals surface area contributed by atoms with Crippen molar-refractivity contribution in [2.24, 2.45) is 5.92 Å². The van der Waals surface area contributed by atoms with Crippen molar-refractivity contribution in [2.75, 3.05) is 0 Å². The summed E-state index contributed by atoms with van der Waals surface area (Å²) in [6, 6.07) is 24.6. The van der Waals surface area contributed by atoms with Gasteiger partial charge in [-0.3, -0.25) is 4.79 Å². The Bertz CT molecular complexity index is 1250. The lowest BCUT2D eigenvalue weighted by molar-refractivity contribution is 0.0723. The van der Waals surface area contributed by atoms with Gasteiger partial charge in [-0.05, 0) is 61.9 Å². The number of carbonyl (C=O) groups excluding carboxylic acids is 1. The molecule has 0 aliphatic heterocycles. The quantitative estimate of drug-likeness (QED) is 0.371. The molecular formula is C28H29N3O. The number of imidazole rings is 1. The van der Waals surface area contributed by atoms with Crippen molar-refractivity contribution in [1.82, 2.24) is 14.5 Å². The summed E-state index contributed by atoms with van der Waals surface area (Å²) in [4.78, 5) is 20.7. The fourth-order valence-corrected chi connectivity index (χ4v) is 4.32. The summed E-state index contributed by atoms with van der Waals surface area (Å²) in [5.41, 5.74) is 6.15. The highest BCUT2D eigenvalue weighted by Gasteiger charge is 2.26. The smallest absolute Gasteiger partial charge is 0.254 e. The van der Waals surface area contributed by atoms with Gasteiger partial charge in [-0.2, -0.15) is 0 Å². The van der Waals surface area contributed by atoms with Gasteiger partial charge in [0.05, 0.1) is 17.6 Å². The van der Waals surface area contributed by atoms with Crippen LogP contribution in [-0.4, -0.2) is 20.4 Å². The van der Waals surface area contributed by atoms with Gasteiger partial charge in [0, 0.05) is 18.7 Å². The Balaban J connectivity index is 1.53. The van der Waals surface area contributed by atoms with Crippen LogP contribution in [0.1, 0.15) is 45.7 Å². The van der Waals surface area contributed by atoms with Gasteiger partial charge in [0.15, 0.2) is 0 Å². The van der Waals surface area contributed by atoms with Gasteiger partial charge in [-0.1, -0.05) is 60.2 Å². The minimum Gasteiger partial charge on any atom is -0.327 e. The summed E-state index contributed by atoms with van der Waals surface area (Å²) in [5.74, 6) is 1.75. The molecule has 5 rings (SSSR count). The van der Waals surface area contributed by atoms with Crippen LogP contribution in [0.2, 0.25) is 0 Å². The molecule has 4 nitrogen and oxygen atoms in total. The second kappa shape index (κ2) is 8.62. The van der Waals surface area contributed by atoms with Crippen LogP contribution < -0.4 is 0 Å². The van der Waals surface area contributed by atoms with E-state index in [0.29, 0.717) is 13.1 Å². The summed E-state index contributed by atoms with van der Waals surface area (Å²) in [5, 5.41) is 0. The van der Waals surface area contributed by atoms with E-state index in [4.69, 9.17) is 4.98 Å². The van der Waals surface area contributed by atoms with Gasteiger partial charge >= 0.3 is 0 Å². The standard InChI is InChI=1S/C28H29N3O/c1-20-12-13-21(2)24(16-20)28(32)30(17-22-8-4-3-5-9-22)19-27-29-25-10-6-7-11-26(25)31(27)18-23-14-15-23/h3-13,16,23H,14-15,17-19H2,1-2H3. The second-order valence-corrected chi connectivity index (χ2v) is 9.04. The number of carbonyl (C=O) groups is 1. The Morgan fingerprint density at radius 3 is 2.50 bits per heavy atom. The average molecular weight is 424 g/mol. The molecule has 1 amide bonds. The first-order valence-corrected chi connectivity index (χ1v) is 11.4. The van der Waals surface area contributed by atoms with Gasteiger partial charge in [0.2, 0.25) is 0 Å². The number of para-hydroxylation sites is 2. The molecule has 0 atom stereocenters. The largest absolute Gasteiger partial charge is 0.327 e. The number of aryl methyl sites for hydroxylation is 2. The molecule has 1 fully saturated rings. The lowest BCUT2D eigenvalue weighted by Crippen LogP contribution is -2.32. The SMILES string of the molecule is Cc1ccc(C)c(C(=O)N(Cc2ccccc2)Cc2nc3ccccc3n2CC2CC2)c1. The number of fused-ring (bicyclic) bond motifs is 1. The normalized spacial score (nSPS) is 13.4. The number of aromatic nitrogens is 2. The summed E-state index contributed by atoms with van der Waals surface area (Å²) in [7, 11) is 0. The zero-order chi connectivity index (χ0) is 22.1. The molecule has 1 heterocycles. The third-order valence-corrected chi connectivity index (χ3v) is 6.33. The van der Waals surface area contributed by atoms with Crippen LogP contribution >= 0.6 is 0 Å². The molecule has 3 aromatic carbocycles. The van der Waals surface area contributed by atoms with Crippen LogP contribution in [0, 0.1) is 19.8 Å². The van der Waals surface area contributed by atoms with Gasteiger partial charge < -0.3 is 9.47 Å². The van der Waals surface area contributed by atoms with Crippen molar-refractivity contribution in [2.45, 2.75) is 46.3 Å². The Morgan fingerprint density at radius 1 is 0.969 bits per heavy atom. The summed E-state index contributed by atoms with van der Waals surface area (Å²) < 4.78 is 2.33. The van der Waals surface area contributed by atoms with E-state index >= 15 is 0 Å². The first-order chi connectivity index (χ1) is 15.6. The number of hydrogen-bond acceptors (Lipinski definition) is 2. The Labute approximate surface area is 189 Å². The number of rotatable bonds is 7. The molecule has 0 bridgehead atoms. The molecule has 0 saturated heterocycles. The highest BCUT2D eigenvalue weighted by atomic mass is 16.2. The third-order valence-electron chi connectivity index (χ3n) is 6.33. The molecule has 0 N–H and O–H groups in total. The molecule has 4 aromatic rings. The van der Waals surface area contributed by atoms with E-state index in [1.807, 2.05) is 55.1 Å². The summed E-state index contributed by atoms with van der Waals surface area (Å²) in [6.45, 7) is 6.07. The molecule has 162 valence electrons. The van der Waals surface area contributed by atoms with E-state index in [1.165, 1.54) is 12.8 Å². The Kier molecular flexibility index (Phi) is 5.52. The fourth-order valence-electron chi connectivity index (χ4n) is 4.32. The minimum atomic E-state index is 0.0556. The van der Waals surface area contributed by atoms with Crippen molar-refractivity contribution in [3.8, 4) is 0 Å². The van der Waals surface area contributed by atoms with E-state index in [0.717, 1.165) is 51.6 Å². The van der Waals surface area contributed by atoms with Crippen molar-refractivity contribution in [3.63, 3.8) is 0 Å². The molecular weight excluding hydrogens is 394 g/mol. The van der Waals surface area contributed by atoms with Crippen LogP contribution in [0.3, 0.4) is 0 Å². The van der Waals surface area contributed by atoms with Gasteiger partial charge in [0.25, 0.3) is 5.91 Å². The molecule has 1 aliphatic carbocycles. The zero-order valence-corrected chi connectivity index (χ0v) is 18.8. The van der Waals surface area contributed by atoms with E-state index in [2.05, 4.69) is 41.0 Å². The highest BCUT2D eigenvalue weighted by Crippen LogP contribution is 2.33. The maximum Gasteiger partial charge on any atom is 0.254 e. The third kappa shape index (κ3) is 4.31. The fraction of sp³-hybridized carbons (Fsp3) is 0.286. The maximum absolute atomic E-state index is 13.8. The van der Waals surface area contributed by atoms with Crippen molar-refractivity contribution in [1.29, 1.82) is 0 Å². The molecule has 0 radical (unpaired) electrons. The van der Waals surface area contributed by atoms with Gasteiger partial charge in [-0.15, -0.1) is 0 Å². The Hall–Kier alpha value is -3.40. The first-order valence-electron chi connectivity index (χ1n) is 11.4. The molecule has 0 spiro atoms. The monoisotopic (exact) mass is 423 g/mol. The van der Waals surface area contributed by atoms with Crippen LogP contribution in [0.5, 0.6) is 0 Å². The number of benzene rings is 3. The van der Waals surface area contributed by atoms with Gasteiger partial charge in [0.1, 0.15) is 5.82 Å². The number of amides is 1. The first kappa shape index (κ1) is 20.5. The highest BCUT2D eigenvalue weighted by molar-refractivity contribution is 5.95. The van der Waals surface area contributed by atoms with Gasteiger partial charge in [-0.25, -0.2) is 4.98 Å². The van der Waals surface area contributed by atoms with E-state index < -0.39 is 0 Å². The maximum atomic E-state index is 13.8. The predicted octanol–water partition coefficient (Wildman–Crippen LogP) is 5.91. The number of hydrogen-bond donors (Lipinski definition) is 0. The average Bonchev–Trinajstić information content (AvgIpc) is 3.56. The van der Waals surface area contributed by atoms with E-state index in [1.54, 1.807) is 0 Å². The molecule has 4 heteroatoms. The van der Waals surface area contributed by atoms with Crippen LogP contribution in [0.15, 0.2) is 72.8 Å². The van der Waals surface area contributed by atoms with Crippen molar-refractivity contribution < 1.29 is 4.79 Å². The summed E-state index contributed by atoms with van der Waals surface area (Å²) >= 11 is 0. The molecule has 0 unspecified atom stereocenters. The zero-order valence-electron chi connectivity index (χ0n) is 18.8.